The number of fused-ring (bicyclic) bond motifs is 1. The second kappa shape index (κ2) is 5.09. The molecule has 1 fully saturated rings. The van der Waals surface area contributed by atoms with E-state index in [9.17, 15) is 14.7 Å². The fourth-order valence-corrected chi connectivity index (χ4v) is 2.50. The number of rotatable bonds is 1. The molecule has 0 bridgehead atoms. The SMILES string of the molecule is CN1CCN(C(=O)c2ccc3cccc(O)c3c2)CC1=O. The van der Waals surface area contributed by atoms with Gasteiger partial charge in [0.15, 0.2) is 0 Å². The number of phenols is 1. The van der Waals surface area contributed by atoms with E-state index in [1.165, 1.54) is 0 Å². The van der Waals surface area contributed by atoms with Gasteiger partial charge in [0.25, 0.3) is 5.91 Å². The van der Waals surface area contributed by atoms with Crippen LogP contribution < -0.4 is 0 Å². The van der Waals surface area contributed by atoms with E-state index in [1.807, 2.05) is 6.07 Å². The largest absolute Gasteiger partial charge is 0.507 e. The van der Waals surface area contributed by atoms with Gasteiger partial charge < -0.3 is 14.9 Å². The molecule has 0 unspecified atom stereocenters. The van der Waals surface area contributed by atoms with Crippen LogP contribution in [-0.4, -0.2) is 53.4 Å². The van der Waals surface area contributed by atoms with Gasteiger partial charge in [0, 0.05) is 31.1 Å². The fourth-order valence-electron chi connectivity index (χ4n) is 2.50. The number of piperazine rings is 1. The molecule has 0 radical (unpaired) electrons. The smallest absolute Gasteiger partial charge is 0.254 e. The monoisotopic (exact) mass is 284 g/mol. The predicted octanol–water partition coefficient (Wildman–Crippen LogP) is 1.46. The van der Waals surface area contributed by atoms with Gasteiger partial charge in [-0.05, 0) is 23.6 Å². The summed E-state index contributed by atoms with van der Waals surface area (Å²) >= 11 is 0. The molecule has 0 aliphatic carbocycles. The molecule has 2 amide bonds. The molecule has 1 N–H and O–H groups in total. The van der Waals surface area contributed by atoms with Gasteiger partial charge in [0.05, 0.1) is 0 Å². The number of hydrogen-bond acceptors (Lipinski definition) is 3. The first-order valence-corrected chi connectivity index (χ1v) is 6.81. The molecule has 1 aliphatic heterocycles. The van der Waals surface area contributed by atoms with Crippen molar-refractivity contribution in [2.24, 2.45) is 0 Å². The Labute approximate surface area is 122 Å². The molecule has 0 atom stereocenters. The number of phenolic OH excluding ortho intramolecular Hbond substituents is 1. The van der Waals surface area contributed by atoms with Gasteiger partial charge in [-0.25, -0.2) is 0 Å². The number of nitrogens with zero attached hydrogens (tertiary/aromatic N) is 2. The molecule has 5 heteroatoms. The van der Waals surface area contributed by atoms with E-state index in [4.69, 9.17) is 0 Å². The summed E-state index contributed by atoms with van der Waals surface area (Å²) in [6.07, 6.45) is 0. The van der Waals surface area contributed by atoms with Crippen molar-refractivity contribution < 1.29 is 14.7 Å². The van der Waals surface area contributed by atoms with Crippen LogP contribution in [0.3, 0.4) is 0 Å². The van der Waals surface area contributed by atoms with Gasteiger partial charge in [-0.1, -0.05) is 18.2 Å². The Morgan fingerprint density at radius 2 is 2.00 bits per heavy atom. The van der Waals surface area contributed by atoms with Crippen molar-refractivity contribution in [3.8, 4) is 5.75 Å². The Morgan fingerprint density at radius 3 is 2.76 bits per heavy atom. The Hall–Kier alpha value is -2.56. The zero-order chi connectivity index (χ0) is 15.0. The van der Waals surface area contributed by atoms with Crippen molar-refractivity contribution >= 4 is 22.6 Å². The van der Waals surface area contributed by atoms with E-state index in [-0.39, 0.29) is 24.1 Å². The Kier molecular flexibility index (Phi) is 3.25. The van der Waals surface area contributed by atoms with Crippen LogP contribution in [0.4, 0.5) is 0 Å². The summed E-state index contributed by atoms with van der Waals surface area (Å²) in [4.78, 5) is 27.3. The summed E-state index contributed by atoms with van der Waals surface area (Å²) in [5.41, 5.74) is 0.487. The molecule has 5 nitrogen and oxygen atoms in total. The first-order valence-electron chi connectivity index (χ1n) is 6.81. The van der Waals surface area contributed by atoms with Crippen LogP contribution >= 0.6 is 0 Å². The van der Waals surface area contributed by atoms with Crippen molar-refractivity contribution in [2.75, 3.05) is 26.7 Å². The molecular formula is C16H16N2O3. The van der Waals surface area contributed by atoms with Gasteiger partial charge in [-0.15, -0.1) is 0 Å². The average Bonchev–Trinajstić information content (AvgIpc) is 2.49. The standard InChI is InChI=1S/C16H16N2O3/c1-17-7-8-18(10-15(17)20)16(21)12-6-5-11-3-2-4-14(19)13(11)9-12/h2-6,9,19H,7-8,10H2,1H3. The number of benzene rings is 2. The molecule has 1 heterocycles. The maximum absolute atomic E-state index is 12.5. The molecule has 3 rings (SSSR count). The maximum atomic E-state index is 12.5. The minimum Gasteiger partial charge on any atom is -0.507 e. The number of likely N-dealkylation sites (N-methyl/N-ethyl adjacent to an activating group) is 1. The number of amides is 2. The summed E-state index contributed by atoms with van der Waals surface area (Å²) in [6.45, 7) is 1.18. The van der Waals surface area contributed by atoms with Gasteiger partial charge in [-0.2, -0.15) is 0 Å². The van der Waals surface area contributed by atoms with Crippen molar-refractivity contribution in [1.29, 1.82) is 0 Å². The van der Waals surface area contributed by atoms with Gasteiger partial charge >= 0.3 is 0 Å². The number of aromatic hydroxyl groups is 1. The topological polar surface area (TPSA) is 60.9 Å². The number of carbonyl (C=O) groups excluding carboxylic acids is 2. The van der Waals surface area contributed by atoms with Gasteiger partial charge in [0.2, 0.25) is 5.91 Å². The van der Waals surface area contributed by atoms with Gasteiger partial charge in [0.1, 0.15) is 12.3 Å². The Morgan fingerprint density at radius 1 is 1.19 bits per heavy atom. The number of hydrogen-bond donors (Lipinski definition) is 1. The lowest BCUT2D eigenvalue weighted by atomic mass is 10.1. The van der Waals surface area contributed by atoms with Crippen LogP contribution in [0.2, 0.25) is 0 Å². The third kappa shape index (κ3) is 2.42. The number of carbonyl (C=O) groups is 2. The lowest BCUT2D eigenvalue weighted by molar-refractivity contribution is -0.133. The van der Waals surface area contributed by atoms with E-state index in [2.05, 4.69) is 0 Å². The second-order valence-corrected chi connectivity index (χ2v) is 5.26. The highest BCUT2D eigenvalue weighted by Gasteiger charge is 2.25. The first-order chi connectivity index (χ1) is 10.1. The molecule has 21 heavy (non-hydrogen) atoms. The normalized spacial score (nSPS) is 15.6. The lowest BCUT2D eigenvalue weighted by Crippen LogP contribution is -2.50. The third-order valence-electron chi connectivity index (χ3n) is 3.85. The highest BCUT2D eigenvalue weighted by Crippen LogP contribution is 2.25. The summed E-state index contributed by atoms with van der Waals surface area (Å²) in [6, 6.07) is 10.4. The van der Waals surface area contributed by atoms with Crippen molar-refractivity contribution in [3.05, 3.63) is 42.0 Å². The van der Waals surface area contributed by atoms with Crippen LogP contribution in [0, 0.1) is 0 Å². The highest BCUT2D eigenvalue weighted by molar-refractivity contribution is 6.01. The molecule has 0 saturated carbocycles. The fraction of sp³-hybridized carbons (Fsp3) is 0.250. The Balaban J connectivity index is 1.91. The summed E-state index contributed by atoms with van der Waals surface area (Å²) < 4.78 is 0. The lowest BCUT2D eigenvalue weighted by Gasteiger charge is -2.32. The van der Waals surface area contributed by atoms with E-state index < -0.39 is 0 Å². The zero-order valence-electron chi connectivity index (χ0n) is 11.7. The van der Waals surface area contributed by atoms with Crippen molar-refractivity contribution in [1.82, 2.24) is 9.80 Å². The van der Waals surface area contributed by atoms with E-state index in [0.717, 1.165) is 5.39 Å². The molecule has 2 aromatic rings. The first kappa shape index (κ1) is 13.4. The molecule has 1 aliphatic rings. The van der Waals surface area contributed by atoms with Crippen LogP contribution in [0.5, 0.6) is 5.75 Å². The average molecular weight is 284 g/mol. The zero-order valence-corrected chi connectivity index (χ0v) is 11.7. The minimum atomic E-state index is -0.179. The van der Waals surface area contributed by atoms with E-state index in [0.29, 0.717) is 24.0 Å². The van der Waals surface area contributed by atoms with Crippen LogP contribution in [0.25, 0.3) is 10.8 Å². The summed E-state index contributed by atoms with van der Waals surface area (Å²) in [5, 5.41) is 11.4. The van der Waals surface area contributed by atoms with Crippen LogP contribution in [-0.2, 0) is 4.79 Å². The minimum absolute atomic E-state index is 0.0572. The summed E-state index contributed by atoms with van der Waals surface area (Å²) in [7, 11) is 1.73. The molecular weight excluding hydrogens is 268 g/mol. The van der Waals surface area contributed by atoms with Crippen molar-refractivity contribution in [3.63, 3.8) is 0 Å². The van der Waals surface area contributed by atoms with Crippen LogP contribution in [0.1, 0.15) is 10.4 Å². The molecule has 108 valence electrons. The van der Waals surface area contributed by atoms with E-state index >= 15 is 0 Å². The highest BCUT2D eigenvalue weighted by atomic mass is 16.3. The second-order valence-electron chi connectivity index (χ2n) is 5.26. The molecule has 0 spiro atoms. The van der Waals surface area contributed by atoms with Crippen molar-refractivity contribution in [2.45, 2.75) is 0 Å². The third-order valence-corrected chi connectivity index (χ3v) is 3.85. The summed E-state index contributed by atoms with van der Waals surface area (Å²) in [5.74, 6) is -0.0866. The maximum Gasteiger partial charge on any atom is 0.254 e. The Bertz CT molecular complexity index is 727. The van der Waals surface area contributed by atoms with Gasteiger partial charge in [-0.3, -0.25) is 9.59 Å². The molecule has 1 saturated heterocycles. The molecule has 0 aromatic heterocycles. The quantitative estimate of drug-likeness (QED) is 0.862. The predicted molar refractivity (Wildman–Crippen MR) is 79.2 cm³/mol. The molecule has 2 aromatic carbocycles. The van der Waals surface area contributed by atoms with Crippen LogP contribution in [0.15, 0.2) is 36.4 Å². The van der Waals surface area contributed by atoms with E-state index in [1.54, 1.807) is 47.2 Å².